The maximum atomic E-state index is 12.1. The Morgan fingerprint density at radius 3 is 2.31 bits per heavy atom. The molecule has 160 valence electrons. The normalized spacial score (nSPS) is 10.7. The molecule has 0 fully saturated rings. The van der Waals surface area contributed by atoms with Gasteiger partial charge in [0.1, 0.15) is 0 Å². The highest BCUT2D eigenvalue weighted by atomic mass is 16.2. The van der Waals surface area contributed by atoms with Gasteiger partial charge in [0.2, 0.25) is 0 Å². The Morgan fingerprint density at radius 2 is 1.62 bits per heavy atom. The third-order valence-corrected chi connectivity index (χ3v) is 5.09. The van der Waals surface area contributed by atoms with E-state index in [-0.39, 0.29) is 5.91 Å². The molecule has 0 saturated carbocycles. The zero-order chi connectivity index (χ0) is 22.5. The van der Waals surface area contributed by atoms with Crippen LogP contribution in [0.3, 0.4) is 0 Å². The fourth-order valence-electron chi connectivity index (χ4n) is 3.46. The van der Waals surface area contributed by atoms with Crippen LogP contribution in [0.5, 0.6) is 0 Å². The van der Waals surface area contributed by atoms with Gasteiger partial charge in [-0.15, -0.1) is 0 Å². The van der Waals surface area contributed by atoms with E-state index in [1.54, 1.807) is 12.1 Å². The van der Waals surface area contributed by atoms with Crippen molar-refractivity contribution in [3.8, 4) is 11.1 Å². The third-order valence-electron chi connectivity index (χ3n) is 5.09. The summed E-state index contributed by atoms with van der Waals surface area (Å²) in [6, 6.07) is 22.7. The van der Waals surface area contributed by atoms with Crippen molar-refractivity contribution in [3.05, 3.63) is 90.1 Å². The number of pyridine rings is 1. The molecule has 0 aliphatic carbocycles. The maximum absolute atomic E-state index is 12.1. The summed E-state index contributed by atoms with van der Waals surface area (Å²) in [5, 5.41) is 6.84. The van der Waals surface area contributed by atoms with Gasteiger partial charge in [-0.1, -0.05) is 36.4 Å². The van der Waals surface area contributed by atoms with Gasteiger partial charge in [0, 0.05) is 35.9 Å². The first-order valence-electron chi connectivity index (χ1n) is 10.2. The fraction of sp³-hybridized carbons (Fsp3) is 0.0800. The zero-order valence-electron chi connectivity index (χ0n) is 17.3. The Bertz CT molecular complexity index is 1270. The van der Waals surface area contributed by atoms with Crippen molar-refractivity contribution in [2.24, 2.45) is 11.5 Å². The Hall–Kier alpha value is -4.23. The molecule has 0 bridgehead atoms. The van der Waals surface area contributed by atoms with Crippen LogP contribution in [0.1, 0.15) is 20.7 Å². The number of para-hydroxylation sites is 1. The quantitative estimate of drug-likeness (QED) is 0.361. The number of fused-ring (bicyclic) bond motifs is 1. The second-order valence-electron chi connectivity index (χ2n) is 7.26. The molecule has 6 N–H and O–H groups in total. The summed E-state index contributed by atoms with van der Waals surface area (Å²) in [4.78, 5) is 28.6. The minimum Gasteiger partial charge on any atom is -0.365 e. The number of amides is 2. The van der Waals surface area contributed by atoms with Crippen molar-refractivity contribution >= 4 is 34.1 Å². The van der Waals surface area contributed by atoms with Crippen molar-refractivity contribution in [2.45, 2.75) is 0 Å². The highest BCUT2D eigenvalue weighted by molar-refractivity contribution is 6.08. The van der Waals surface area contributed by atoms with Gasteiger partial charge in [0.05, 0.1) is 16.8 Å². The molecule has 4 rings (SSSR count). The predicted molar refractivity (Wildman–Crippen MR) is 127 cm³/mol. The van der Waals surface area contributed by atoms with E-state index in [1.807, 2.05) is 60.7 Å². The Balaban J connectivity index is 1.75. The van der Waals surface area contributed by atoms with Gasteiger partial charge in [0.25, 0.3) is 11.8 Å². The number of hydrogen-bond donors (Lipinski definition) is 4. The van der Waals surface area contributed by atoms with E-state index in [1.165, 1.54) is 6.20 Å². The summed E-state index contributed by atoms with van der Waals surface area (Å²) < 4.78 is 0. The lowest BCUT2D eigenvalue weighted by molar-refractivity contribution is 0.0953. The van der Waals surface area contributed by atoms with Crippen molar-refractivity contribution < 1.29 is 9.59 Å². The number of rotatable bonds is 7. The lowest BCUT2D eigenvalue weighted by Crippen LogP contribution is -2.28. The van der Waals surface area contributed by atoms with Crippen molar-refractivity contribution in [2.75, 3.05) is 18.4 Å². The van der Waals surface area contributed by atoms with Crippen LogP contribution in [0.2, 0.25) is 0 Å². The van der Waals surface area contributed by atoms with Crippen molar-refractivity contribution in [1.29, 1.82) is 0 Å². The molecule has 1 heterocycles. The Kier molecular flexibility index (Phi) is 6.10. The van der Waals surface area contributed by atoms with Gasteiger partial charge in [-0.05, 0) is 47.5 Å². The van der Waals surface area contributed by atoms with E-state index in [2.05, 4.69) is 15.6 Å². The molecule has 0 atom stereocenters. The minimum atomic E-state index is -0.559. The lowest BCUT2D eigenvalue weighted by atomic mass is 10.00. The molecule has 0 saturated heterocycles. The van der Waals surface area contributed by atoms with Gasteiger partial charge >= 0.3 is 0 Å². The van der Waals surface area contributed by atoms with Crippen molar-refractivity contribution in [3.63, 3.8) is 0 Å². The van der Waals surface area contributed by atoms with Gasteiger partial charge < -0.3 is 22.1 Å². The number of carbonyl (C=O) groups is 2. The molecule has 0 spiro atoms. The molecule has 7 heteroatoms. The van der Waals surface area contributed by atoms with Gasteiger partial charge in [-0.3, -0.25) is 14.6 Å². The van der Waals surface area contributed by atoms with E-state index in [4.69, 9.17) is 11.5 Å². The van der Waals surface area contributed by atoms with Crippen LogP contribution in [-0.4, -0.2) is 29.9 Å². The van der Waals surface area contributed by atoms with Crippen LogP contribution in [0.25, 0.3) is 22.0 Å². The number of nitrogens with one attached hydrogen (secondary N) is 2. The summed E-state index contributed by atoms with van der Waals surface area (Å²) in [6.07, 6.45) is 1.49. The smallest absolute Gasteiger partial charge is 0.252 e. The lowest BCUT2D eigenvalue weighted by Gasteiger charge is -2.14. The summed E-state index contributed by atoms with van der Waals surface area (Å²) in [7, 11) is 0. The zero-order valence-corrected chi connectivity index (χ0v) is 17.3. The van der Waals surface area contributed by atoms with E-state index < -0.39 is 5.91 Å². The maximum Gasteiger partial charge on any atom is 0.252 e. The molecule has 0 unspecified atom stereocenters. The number of nitrogens with zero attached hydrogens (tertiary/aromatic N) is 1. The summed E-state index contributed by atoms with van der Waals surface area (Å²) in [5.41, 5.74) is 16.0. The van der Waals surface area contributed by atoms with E-state index in [9.17, 15) is 9.59 Å². The first-order valence-corrected chi connectivity index (χ1v) is 10.2. The standard InChI is InChI=1S/C25H23N5O2/c26-12-13-28-25(32)17-8-6-16(7-9-17)18-10-11-22-20(14-18)23(21(15-29-22)24(27)31)30-19-4-2-1-3-5-19/h1-11,14-15H,12-13,26H2,(H2,27,31)(H,28,32)(H,29,30). The number of hydrogen-bond acceptors (Lipinski definition) is 5. The first kappa shape index (κ1) is 21.0. The van der Waals surface area contributed by atoms with E-state index >= 15 is 0 Å². The molecule has 32 heavy (non-hydrogen) atoms. The fourth-order valence-corrected chi connectivity index (χ4v) is 3.46. The van der Waals surface area contributed by atoms with Crippen molar-refractivity contribution in [1.82, 2.24) is 10.3 Å². The molecule has 0 aliphatic heterocycles. The average molecular weight is 425 g/mol. The molecule has 4 aromatic rings. The topological polar surface area (TPSA) is 123 Å². The highest BCUT2D eigenvalue weighted by Gasteiger charge is 2.15. The summed E-state index contributed by atoms with van der Waals surface area (Å²) in [6.45, 7) is 0.819. The number of carbonyl (C=O) groups excluding carboxylic acids is 2. The van der Waals surface area contributed by atoms with Gasteiger partial charge in [-0.25, -0.2) is 0 Å². The average Bonchev–Trinajstić information content (AvgIpc) is 2.83. The predicted octanol–water partition coefficient (Wildman–Crippen LogP) is 3.43. The van der Waals surface area contributed by atoms with Crippen LogP contribution in [0.15, 0.2) is 79.0 Å². The minimum absolute atomic E-state index is 0.162. The van der Waals surface area contributed by atoms with Crippen LogP contribution < -0.4 is 22.1 Å². The second kappa shape index (κ2) is 9.28. The number of benzene rings is 3. The van der Waals surface area contributed by atoms with E-state index in [0.717, 1.165) is 27.7 Å². The molecule has 0 radical (unpaired) electrons. The Morgan fingerprint density at radius 1 is 0.906 bits per heavy atom. The molecule has 1 aromatic heterocycles. The van der Waals surface area contributed by atoms with Crippen LogP contribution >= 0.6 is 0 Å². The third kappa shape index (κ3) is 4.43. The summed E-state index contributed by atoms with van der Waals surface area (Å²) >= 11 is 0. The van der Waals surface area contributed by atoms with Crippen LogP contribution in [0, 0.1) is 0 Å². The highest BCUT2D eigenvalue weighted by Crippen LogP contribution is 2.32. The SMILES string of the molecule is NCCNC(=O)c1ccc(-c2ccc3ncc(C(N)=O)c(Nc4ccccc4)c3c2)cc1. The monoisotopic (exact) mass is 425 g/mol. The molecular weight excluding hydrogens is 402 g/mol. The summed E-state index contributed by atoms with van der Waals surface area (Å²) in [5.74, 6) is -0.721. The van der Waals surface area contributed by atoms with Gasteiger partial charge in [-0.2, -0.15) is 0 Å². The van der Waals surface area contributed by atoms with Crippen LogP contribution in [0.4, 0.5) is 11.4 Å². The molecule has 3 aromatic carbocycles. The Labute approximate surface area is 185 Å². The molecule has 7 nitrogen and oxygen atoms in total. The molecule has 2 amide bonds. The van der Waals surface area contributed by atoms with Gasteiger partial charge in [0.15, 0.2) is 0 Å². The first-order chi connectivity index (χ1) is 15.6. The number of nitrogens with two attached hydrogens (primary N) is 2. The van der Waals surface area contributed by atoms with Crippen LogP contribution in [-0.2, 0) is 0 Å². The molecule has 0 aliphatic rings. The number of anilines is 2. The second-order valence-corrected chi connectivity index (χ2v) is 7.26. The largest absolute Gasteiger partial charge is 0.365 e. The number of primary amides is 1. The number of aromatic nitrogens is 1. The molecular formula is C25H23N5O2. The van der Waals surface area contributed by atoms with E-state index in [0.29, 0.717) is 29.9 Å².